The van der Waals surface area contributed by atoms with Gasteiger partial charge in [0, 0.05) is 12.2 Å². The van der Waals surface area contributed by atoms with Crippen molar-refractivity contribution in [2.24, 2.45) is 0 Å². The van der Waals surface area contributed by atoms with Crippen LogP contribution in [0.1, 0.15) is 16.7 Å². The Morgan fingerprint density at radius 2 is 1.75 bits per heavy atom. The van der Waals surface area contributed by atoms with Gasteiger partial charge in [0.05, 0.1) is 6.54 Å². The fraction of sp³-hybridized carbons (Fsp3) is 0.333. The topological polar surface area (TPSA) is 70.2 Å². The first-order valence-corrected chi connectivity index (χ1v) is 6.44. The lowest BCUT2D eigenvalue weighted by atomic mass is 10.1. The number of carbonyl (C=O) groups is 2. The second-order valence-corrected chi connectivity index (χ2v) is 4.67. The molecule has 0 saturated heterocycles. The molecule has 0 atom stereocenters. The molecule has 1 rings (SSSR count). The van der Waals surface area contributed by atoms with Crippen molar-refractivity contribution in [3.05, 3.63) is 41.5 Å². The molecule has 108 valence electrons. The van der Waals surface area contributed by atoms with Crippen molar-refractivity contribution in [2.45, 2.75) is 20.8 Å². The van der Waals surface area contributed by atoms with Gasteiger partial charge in [-0.2, -0.15) is 0 Å². The fourth-order valence-electron chi connectivity index (χ4n) is 1.95. The minimum atomic E-state index is -0.391. The molecule has 3 amide bonds. The summed E-state index contributed by atoms with van der Waals surface area (Å²) in [5.41, 5.74) is 3.97. The molecule has 5 heteroatoms. The lowest BCUT2D eigenvalue weighted by Gasteiger charge is -2.13. The van der Waals surface area contributed by atoms with Crippen molar-refractivity contribution in [3.63, 3.8) is 0 Å². The highest BCUT2D eigenvalue weighted by Crippen LogP contribution is 2.21. The van der Waals surface area contributed by atoms with Gasteiger partial charge < -0.3 is 16.0 Å². The molecular formula is C15H21N3O2. The van der Waals surface area contributed by atoms with E-state index in [1.165, 1.54) is 0 Å². The summed E-state index contributed by atoms with van der Waals surface area (Å²) in [7, 11) is 0. The summed E-state index contributed by atoms with van der Waals surface area (Å²) in [6.45, 7) is 9.68. The van der Waals surface area contributed by atoms with E-state index in [0.29, 0.717) is 6.54 Å². The highest BCUT2D eigenvalue weighted by atomic mass is 16.2. The first kappa shape index (κ1) is 15.8. The molecule has 20 heavy (non-hydrogen) atoms. The van der Waals surface area contributed by atoms with Gasteiger partial charge in [0.15, 0.2) is 0 Å². The summed E-state index contributed by atoms with van der Waals surface area (Å²) in [5.74, 6) is -0.256. The molecule has 0 bridgehead atoms. The Morgan fingerprint density at radius 1 is 1.15 bits per heavy atom. The van der Waals surface area contributed by atoms with Gasteiger partial charge in [-0.1, -0.05) is 23.8 Å². The van der Waals surface area contributed by atoms with Crippen LogP contribution in [0.15, 0.2) is 24.8 Å². The molecule has 0 aliphatic heterocycles. The van der Waals surface area contributed by atoms with Crippen molar-refractivity contribution in [3.8, 4) is 0 Å². The monoisotopic (exact) mass is 275 g/mol. The first-order valence-electron chi connectivity index (χ1n) is 6.44. The van der Waals surface area contributed by atoms with Crippen molar-refractivity contribution >= 4 is 17.6 Å². The van der Waals surface area contributed by atoms with Gasteiger partial charge in [-0.25, -0.2) is 4.79 Å². The van der Waals surface area contributed by atoms with Crippen LogP contribution in [0.3, 0.4) is 0 Å². The number of hydrogen-bond donors (Lipinski definition) is 3. The number of rotatable bonds is 5. The molecule has 0 unspecified atom stereocenters. The molecular weight excluding hydrogens is 254 g/mol. The van der Waals surface area contributed by atoms with E-state index in [1.807, 2.05) is 32.9 Å². The largest absolute Gasteiger partial charge is 0.335 e. The molecule has 1 aromatic carbocycles. The number of amides is 3. The molecule has 3 N–H and O–H groups in total. The zero-order valence-electron chi connectivity index (χ0n) is 12.2. The third-order valence-corrected chi connectivity index (χ3v) is 2.76. The van der Waals surface area contributed by atoms with Gasteiger partial charge in [0.25, 0.3) is 0 Å². The van der Waals surface area contributed by atoms with E-state index in [1.54, 1.807) is 6.08 Å². The number of carbonyl (C=O) groups excluding carboxylic acids is 2. The third-order valence-electron chi connectivity index (χ3n) is 2.76. The van der Waals surface area contributed by atoms with Crippen LogP contribution in [0.25, 0.3) is 0 Å². The molecule has 0 aliphatic carbocycles. The molecule has 0 aliphatic rings. The molecule has 0 saturated carbocycles. The summed E-state index contributed by atoms with van der Waals surface area (Å²) in [6.07, 6.45) is 1.57. The summed E-state index contributed by atoms with van der Waals surface area (Å²) < 4.78 is 0. The van der Waals surface area contributed by atoms with Crippen LogP contribution in [-0.2, 0) is 4.79 Å². The van der Waals surface area contributed by atoms with E-state index in [9.17, 15) is 9.59 Å². The quantitative estimate of drug-likeness (QED) is 0.720. The maximum Gasteiger partial charge on any atom is 0.315 e. The molecule has 0 aromatic heterocycles. The predicted molar refractivity (Wildman–Crippen MR) is 80.9 cm³/mol. The molecule has 1 aromatic rings. The molecule has 5 nitrogen and oxygen atoms in total. The third kappa shape index (κ3) is 4.76. The number of nitrogens with one attached hydrogen (secondary N) is 3. The minimum Gasteiger partial charge on any atom is -0.335 e. The fourth-order valence-corrected chi connectivity index (χ4v) is 1.95. The smallest absolute Gasteiger partial charge is 0.315 e. The second kappa shape index (κ2) is 7.33. The molecule has 0 heterocycles. The van der Waals surface area contributed by atoms with Crippen LogP contribution in [-0.4, -0.2) is 25.0 Å². The van der Waals surface area contributed by atoms with E-state index < -0.39 is 6.03 Å². The van der Waals surface area contributed by atoms with Crippen LogP contribution in [0.2, 0.25) is 0 Å². The Hall–Kier alpha value is -2.30. The number of benzene rings is 1. The van der Waals surface area contributed by atoms with Crippen molar-refractivity contribution in [2.75, 3.05) is 18.4 Å². The zero-order valence-corrected chi connectivity index (χ0v) is 12.2. The van der Waals surface area contributed by atoms with E-state index in [-0.39, 0.29) is 12.5 Å². The van der Waals surface area contributed by atoms with Crippen molar-refractivity contribution in [1.82, 2.24) is 10.6 Å². The zero-order chi connectivity index (χ0) is 15.1. The summed E-state index contributed by atoms with van der Waals surface area (Å²) in [6, 6.07) is 3.62. The highest BCUT2D eigenvalue weighted by molar-refractivity contribution is 5.95. The van der Waals surface area contributed by atoms with Crippen LogP contribution in [0.5, 0.6) is 0 Å². The van der Waals surface area contributed by atoms with Crippen molar-refractivity contribution < 1.29 is 9.59 Å². The van der Waals surface area contributed by atoms with Gasteiger partial charge in [-0.05, 0) is 31.9 Å². The summed E-state index contributed by atoms with van der Waals surface area (Å²) in [4.78, 5) is 23.1. The lowest BCUT2D eigenvalue weighted by molar-refractivity contribution is -0.115. The van der Waals surface area contributed by atoms with Crippen LogP contribution < -0.4 is 16.0 Å². The van der Waals surface area contributed by atoms with Gasteiger partial charge in [-0.3, -0.25) is 4.79 Å². The number of aryl methyl sites for hydroxylation is 3. The van der Waals surface area contributed by atoms with Gasteiger partial charge >= 0.3 is 6.03 Å². The lowest BCUT2D eigenvalue weighted by Crippen LogP contribution is -2.40. The van der Waals surface area contributed by atoms with Gasteiger partial charge in [0.1, 0.15) is 0 Å². The maximum absolute atomic E-state index is 11.8. The highest BCUT2D eigenvalue weighted by Gasteiger charge is 2.09. The Balaban J connectivity index is 2.55. The van der Waals surface area contributed by atoms with Gasteiger partial charge in [0.2, 0.25) is 5.91 Å². The van der Waals surface area contributed by atoms with E-state index in [2.05, 4.69) is 22.5 Å². The second-order valence-electron chi connectivity index (χ2n) is 4.67. The Morgan fingerprint density at radius 3 is 2.30 bits per heavy atom. The normalized spacial score (nSPS) is 9.75. The number of anilines is 1. The van der Waals surface area contributed by atoms with Crippen molar-refractivity contribution in [1.29, 1.82) is 0 Å². The summed E-state index contributed by atoms with van der Waals surface area (Å²) in [5, 5.41) is 7.83. The molecule has 0 fully saturated rings. The van der Waals surface area contributed by atoms with E-state index in [0.717, 1.165) is 22.4 Å². The number of urea groups is 1. The van der Waals surface area contributed by atoms with E-state index >= 15 is 0 Å². The first-order chi connectivity index (χ1) is 9.43. The summed E-state index contributed by atoms with van der Waals surface area (Å²) >= 11 is 0. The number of hydrogen-bond acceptors (Lipinski definition) is 2. The average molecular weight is 275 g/mol. The minimum absolute atomic E-state index is 0.0737. The molecule has 0 radical (unpaired) electrons. The van der Waals surface area contributed by atoms with Crippen LogP contribution >= 0.6 is 0 Å². The van der Waals surface area contributed by atoms with Gasteiger partial charge in [-0.15, -0.1) is 6.58 Å². The van der Waals surface area contributed by atoms with E-state index in [4.69, 9.17) is 0 Å². The Kier molecular flexibility index (Phi) is 5.77. The maximum atomic E-state index is 11.8. The average Bonchev–Trinajstić information content (AvgIpc) is 2.38. The molecule has 0 spiro atoms. The standard InChI is InChI=1S/C15H21N3O2/c1-5-6-16-15(20)17-9-13(19)18-14-11(3)7-10(2)8-12(14)4/h5,7-8H,1,6,9H2,2-4H3,(H,18,19)(H2,16,17,20). The van der Waals surface area contributed by atoms with Crippen LogP contribution in [0.4, 0.5) is 10.5 Å². The SMILES string of the molecule is C=CCNC(=O)NCC(=O)Nc1c(C)cc(C)cc1C. The Bertz CT molecular complexity index is 501. The predicted octanol–water partition coefficient (Wildman–Crippen LogP) is 2.04. The van der Waals surface area contributed by atoms with Crippen LogP contribution in [0, 0.1) is 20.8 Å². The Labute approximate surface area is 119 Å².